The fourth-order valence-electron chi connectivity index (χ4n) is 2.99. The molecule has 0 aliphatic carbocycles. The molecule has 4 rings (SSSR count). The van der Waals surface area contributed by atoms with Crippen LogP contribution in [0.1, 0.15) is 16.1 Å². The van der Waals surface area contributed by atoms with Crippen LogP contribution < -0.4 is 10.1 Å². The fraction of sp³-hybridized carbons (Fsp3) is 0.100. The fourth-order valence-corrected chi connectivity index (χ4v) is 2.99. The second kappa shape index (κ2) is 6.66. The largest absolute Gasteiger partial charge is 0.497 e. The van der Waals surface area contributed by atoms with Gasteiger partial charge in [-0.1, -0.05) is 6.07 Å². The number of aromatic nitrogens is 1. The van der Waals surface area contributed by atoms with E-state index in [1.54, 1.807) is 32.2 Å². The number of nitrogens with zero attached hydrogens (tertiary/aromatic N) is 2. The number of benzene rings is 2. The number of nitro groups is 1. The van der Waals surface area contributed by atoms with E-state index in [0.29, 0.717) is 33.6 Å². The van der Waals surface area contributed by atoms with Crippen molar-refractivity contribution >= 4 is 39.3 Å². The van der Waals surface area contributed by atoms with Gasteiger partial charge >= 0.3 is 0 Å². The van der Waals surface area contributed by atoms with Crippen molar-refractivity contribution < 1.29 is 18.9 Å². The third-order valence-corrected chi connectivity index (χ3v) is 4.48. The zero-order chi connectivity index (χ0) is 19.8. The number of amides is 1. The Morgan fingerprint density at radius 3 is 2.75 bits per heavy atom. The van der Waals surface area contributed by atoms with Crippen molar-refractivity contribution in [2.24, 2.45) is 0 Å². The van der Waals surface area contributed by atoms with Crippen LogP contribution in [0.5, 0.6) is 5.75 Å². The average Bonchev–Trinajstić information content (AvgIpc) is 3.10. The molecule has 0 aliphatic heterocycles. The molecule has 0 bridgehead atoms. The number of rotatable bonds is 4. The van der Waals surface area contributed by atoms with Crippen LogP contribution in [0.15, 0.2) is 52.9 Å². The molecule has 0 spiro atoms. The van der Waals surface area contributed by atoms with Gasteiger partial charge in [-0.15, -0.1) is 0 Å². The molecular weight excluding hydrogens is 362 g/mol. The van der Waals surface area contributed by atoms with E-state index in [9.17, 15) is 14.9 Å². The summed E-state index contributed by atoms with van der Waals surface area (Å²) < 4.78 is 10.8. The number of ether oxygens (including phenoxy) is 1. The molecule has 2 aromatic carbocycles. The molecule has 1 N–H and O–H groups in total. The highest BCUT2D eigenvalue weighted by atomic mass is 16.6. The number of hydrogen-bond donors (Lipinski definition) is 1. The van der Waals surface area contributed by atoms with E-state index in [2.05, 4.69) is 10.3 Å². The molecule has 0 atom stereocenters. The van der Waals surface area contributed by atoms with E-state index in [0.717, 1.165) is 5.39 Å². The van der Waals surface area contributed by atoms with Crippen molar-refractivity contribution in [2.75, 3.05) is 12.4 Å². The average molecular weight is 377 g/mol. The number of pyridine rings is 1. The number of methoxy groups -OCH3 is 1. The second-order valence-corrected chi connectivity index (χ2v) is 6.21. The standard InChI is InChI=1S/C20H15N3O5/c1-11-15(4-3-5-17(11)23(25)26)21-19(24)18-10-13-8-12-9-14(27-2)6-7-16(12)22-20(13)28-18/h3-10H,1-2H3,(H,21,24). The maximum atomic E-state index is 12.6. The first-order valence-electron chi connectivity index (χ1n) is 8.40. The van der Waals surface area contributed by atoms with Gasteiger partial charge in [-0.05, 0) is 43.3 Å². The molecule has 0 aliphatic rings. The zero-order valence-electron chi connectivity index (χ0n) is 15.1. The lowest BCUT2D eigenvalue weighted by Crippen LogP contribution is -2.12. The lowest BCUT2D eigenvalue weighted by molar-refractivity contribution is -0.385. The third kappa shape index (κ3) is 3.01. The van der Waals surface area contributed by atoms with Crippen LogP contribution in [-0.4, -0.2) is 22.9 Å². The molecule has 1 amide bonds. The molecule has 2 heterocycles. The highest BCUT2D eigenvalue weighted by Crippen LogP contribution is 2.28. The molecule has 0 unspecified atom stereocenters. The summed E-state index contributed by atoms with van der Waals surface area (Å²) in [4.78, 5) is 27.6. The number of furan rings is 1. The minimum atomic E-state index is -0.511. The van der Waals surface area contributed by atoms with Gasteiger partial charge in [0, 0.05) is 16.8 Å². The summed E-state index contributed by atoms with van der Waals surface area (Å²) in [5, 5.41) is 15.2. The van der Waals surface area contributed by atoms with Gasteiger partial charge in [-0.25, -0.2) is 4.98 Å². The molecule has 0 saturated heterocycles. The maximum Gasteiger partial charge on any atom is 0.291 e. The first kappa shape index (κ1) is 17.5. The van der Waals surface area contributed by atoms with Gasteiger partial charge in [0.15, 0.2) is 5.76 Å². The van der Waals surface area contributed by atoms with E-state index < -0.39 is 10.8 Å². The molecule has 28 heavy (non-hydrogen) atoms. The summed E-state index contributed by atoms with van der Waals surface area (Å²) in [7, 11) is 1.59. The topological polar surface area (TPSA) is 108 Å². The van der Waals surface area contributed by atoms with Crippen molar-refractivity contribution in [2.45, 2.75) is 6.92 Å². The van der Waals surface area contributed by atoms with Crippen LogP contribution in [0, 0.1) is 17.0 Å². The third-order valence-electron chi connectivity index (χ3n) is 4.48. The lowest BCUT2D eigenvalue weighted by Gasteiger charge is -2.06. The van der Waals surface area contributed by atoms with Crippen molar-refractivity contribution in [3.63, 3.8) is 0 Å². The number of fused-ring (bicyclic) bond motifs is 2. The van der Waals surface area contributed by atoms with Crippen LogP contribution in [0.4, 0.5) is 11.4 Å². The summed E-state index contributed by atoms with van der Waals surface area (Å²) in [6, 6.07) is 13.4. The number of anilines is 1. The lowest BCUT2D eigenvalue weighted by atomic mass is 10.1. The van der Waals surface area contributed by atoms with Gasteiger partial charge in [0.2, 0.25) is 5.71 Å². The summed E-state index contributed by atoms with van der Waals surface area (Å²) in [6.45, 7) is 1.58. The predicted molar refractivity (Wildman–Crippen MR) is 104 cm³/mol. The summed E-state index contributed by atoms with van der Waals surface area (Å²) >= 11 is 0. The first-order valence-corrected chi connectivity index (χ1v) is 8.40. The minimum Gasteiger partial charge on any atom is -0.497 e. The number of hydrogen-bond acceptors (Lipinski definition) is 6. The Labute approximate surface area is 158 Å². The Hall–Kier alpha value is -3.94. The van der Waals surface area contributed by atoms with Crippen LogP contribution in [-0.2, 0) is 0 Å². The van der Waals surface area contributed by atoms with Crippen LogP contribution >= 0.6 is 0 Å². The van der Waals surface area contributed by atoms with Crippen LogP contribution in [0.25, 0.3) is 22.0 Å². The predicted octanol–water partition coefficient (Wildman–Crippen LogP) is 4.46. The van der Waals surface area contributed by atoms with E-state index in [4.69, 9.17) is 9.15 Å². The summed E-state index contributed by atoms with van der Waals surface area (Å²) in [5.41, 5.74) is 1.70. The first-order chi connectivity index (χ1) is 13.5. The van der Waals surface area contributed by atoms with E-state index in [1.807, 2.05) is 18.2 Å². The Kier molecular flexibility index (Phi) is 4.15. The Balaban J connectivity index is 1.69. The van der Waals surface area contributed by atoms with Gasteiger partial charge in [-0.3, -0.25) is 14.9 Å². The molecule has 8 heteroatoms. The molecule has 0 fully saturated rings. The Morgan fingerprint density at radius 1 is 1.18 bits per heavy atom. The Morgan fingerprint density at radius 2 is 2.00 bits per heavy atom. The summed E-state index contributed by atoms with van der Waals surface area (Å²) in [5.74, 6) is 0.259. The van der Waals surface area contributed by atoms with Crippen molar-refractivity contribution in [1.29, 1.82) is 0 Å². The van der Waals surface area contributed by atoms with Crippen molar-refractivity contribution in [3.05, 3.63) is 70.0 Å². The zero-order valence-corrected chi connectivity index (χ0v) is 15.1. The van der Waals surface area contributed by atoms with Crippen LogP contribution in [0.2, 0.25) is 0 Å². The molecule has 0 saturated carbocycles. The minimum absolute atomic E-state index is 0.0654. The van der Waals surface area contributed by atoms with E-state index >= 15 is 0 Å². The smallest absolute Gasteiger partial charge is 0.291 e. The molecule has 4 aromatic rings. The highest BCUT2D eigenvalue weighted by molar-refractivity contribution is 6.05. The van der Waals surface area contributed by atoms with Gasteiger partial charge in [0.05, 0.1) is 28.8 Å². The monoisotopic (exact) mass is 377 g/mol. The SMILES string of the molecule is COc1ccc2nc3oc(C(=O)Nc4cccc([N+](=O)[O-])c4C)cc3cc2c1. The summed E-state index contributed by atoms with van der Waals surface area (Å²) in [6.07, 6.45) is 0. The van der Waals surface area contributed by atoms with Gasteiger partial charge < -0.3 is 14.5 Å². The van der Waals surface area contributed by atoms with Gasteiger partial charge in [0.25, 0.3) is 11.6 Å². The second-order valence-electron chi connectivity index (χ2n) is 6.21. The highest BCUT2D eigenvalue weighted by Gasteiger charge is 2.18. The van der Waals surface area contributed by atoms with Crippen molar-refractivity contribution in [3.8, 4) is 5.75 Å². The maximum absolute atomic E-state index is 12.6. The number of nitrogens with one attached hydrogen (secondary N) is 1. The number of carbonyl (C=O) groups is 1. The van der Waals surface area contributed by atoms with E-state index in [-0.39, 0.29) is 11.4 Å². The van der Waals surface area contributed by atoms with Gasteiger partial charge in [-0.2, -0.15) is 0 Å². The quantitative estimate of drug-likeness (QED) is 0.416. The van der Waals surface area contributed by atoms with E-state index in [1.165, 1.54) is 12.1 Å². The van der Waals surface area contributed by atoms with Gasteiger partial charge in [0.1, 0.15) is 5.75 Å². The molecule has 8 nitrogen and oxygen atoms in total. The molecule has 2 aromatic heterocycles. The Bertz CT molecular complexity index is 1250. The normalized spacial score (nSPS) is 10.9. The molecule has 0 radical (unpaired) electrons. The number of nitro benzene ring substituents is 1. The molecular formula is C20H15N3O5. The van der Waals surface area contributed by atoms with Crippen LogP contribution in [0.3, 0.4) is 0 Å². The van der Waals surface area contributed by atoms with Crippen molar-refractivity contribution in [1.82, 2.24) is 4.98 Å². The molecule has 140 valence electrons. The number of carbonyl (C=O) groups excluding carboxylic acids is 1.